The van der Waals surface area contributed by atoms with E-state index in [-0.39, 0.29) is 12.0 Å². The molecule has 6 heteroatoms. The minimum Gasteiger partial charge on any atom is -0.491 e. The molecule has 0 spiro atoms. The van der Waals surface area contributed by atoms with E-state index in [1.807, 2.05) is 50.2 Å². The first-order valence-electron chi connectivity index (χ1n) is 7.61. The maximum absolute atomic E-state index is 12.0. The predicted molar refractivity (Wildman–Crippen MR) is 92.5 cm³/mol. The lowest BCUT2D eigenvalue weighted by atomic mass is 10.2. The van der Waals surface area contributed by atoms with Crippen molar-refractivity contribution < 1.29 is 9.15 Å². The molecular formula is C18H17ClN2O3. The second-order valence-corrected chi connectivity index (χ2v) is 6.03. The molecule has 1 heterocycles. The molecular weight excluding hydrogens is 328 g/mol. The van der Waals surface area contributed by atoms with E-state index in [4.69, 9.17) is 20.8 Å². The summed E-state index contributed by atoms with van der Waals surface area (Å²) in [5.41, 5.74) is 1.52. The van der Waals surface area contributed by atoms with Crippen LogP contribution in [0.4, 0.5) is 0 Å². The molecule has 0 aliphatic heterocycles. The van der Waals surface area contributed by atoms with Gasteiger partial charge in [0.05, 0.1) is 23.2 Å². The molecule has 24 heavy (non-hydrogen) atoms. The van der Waals surface area contributed by atoms with Crippen LogP contribution in [0.3, 0.4) is 0 Å². The highest BCUT2D eigenvalue weighted by Gasteiger charge is 2.13. The van der Waals surface area contributed by atoms with Crippen molar-refractivity contribution in [3.05, 3.63) is 69.7 Å². The van der Waals surface area contributed by atoms with Gasteiger partial charge in [-0.25, -0.2) is 4.79 Å². The van der Waals surface area contributed by atoms with Gasteiger partial charge in [-0.15, -0.1) is 5.10 Å². The van der Waals surface area contributed by atoms with Crippen LogP contribution in [0.5, 0.6) is 5.75 Å². The van der Waals surface area contributed by atoms with Gasteiger partial charge < -0.3 is 9.15 Å². The number of aromatic nitrogens is 2. The molecule has 0 bridgehead atoms. The Hall–Kier alpha value is -2.53. The van der Waals surface area contributed by atoms with Crippen molar-refractivity contribution in [2.45, 2.75) is 26.5 Å². The first-order valence-corrected chi connectivity index (χ1v) is 7.99. The Morgan fingerprint density at radius 1 is 1.17 bits per heavy atom. The van der Waals surface area contributed by atoms with Crippen molar-refractivity contribution in [3.8, 4) is 17.2 Å². The summed E-state index contributed by atoms with van der Waals surface area (Å²) in [7, 11) is 0. The maximum Gasteiger partial charge on any atom is 0.437 e. The van der Waals surface area contributed by atoms with Crippen LogP contribution >= 0.6 is 11.6 Å². The summed E-state index contributed by atoms with van der Waals surface area (Å²) < 4.78 is 12.1. The Bertz CT molecular complexity index is 882. The van der Waals surface area contributed by atoms with Gasteiger partial charge in [0, 0.05) is 0 Å². The van der Waals surface area contributed by atoms with E-state index >= 15 is 0 Å². The van der Waals surface area contributed by atoms with Crippen LogP contribution in [0.1, 0.15) is 19.4 Å². The predicted octanol–water partition coefficient (Wildman–Crippen LogP) is 3.99. The Balaban J connectivity index is 1.81. The minimum absolute atomic E-state index is 0.118. The van der Waals surface area contributed by atoms with Gasteiger partial charge in [0.25, 0.3) is 5.89 Å². The fraction of sp³-hybridized carbons (Fsp3) is 0.222. The lowest BCUT2D eigenvalue weighted by molar-refractivity contribution is 0.242. The van der Waals surface area contributed by atoms with Gasteiger partial charge in [-0.3, -0.25) is 0 Å². The molecule has 0 radical (unpaired) electrons. The van der Waals surface area contributed by atoms with Crippen molar-refractivity contribution in [2.24, 2.45) is 0 Å². The molecule has 0 saturated heterocycles. The van der Waals surface area contributed by atoms with Crippen molar-refractivity contribution in [1.82, 2.24) is 9.78 Å². The molecule has 5 nitrogen and oxygen atoms in total. The molecule has 2 aromatic carbocycles. The first-order chi connectivity index (χ1) is 11.5. The fourth-order valence-corrected chi connectivity index (χ4v) is 2.48. The van der Waals surface area contributed by atoms with Crippen LogP contribution in [0, 0.1) is 0 Å². The number of hydrogen-bond donors (Lipinski definition) is 0. The van der Waals surface area contributed by atoms with Crippen LogP contribution in [0.15, 0.2) is 57.7 Å². The Kier molecular flexibility index (Phi) is 4.71. The summed E-state index contributed by atoms with van der Waals surface area (Å²) in [5.74, 6) is 0.482. The van der Waals surface area contributed by atoms with Crippen LogP contribution in [0.2, 0.25) is 5.02 Å². The third-order valence-corrected chi connectivity index (χ3v) is 3.67. The van der Waals surface area contributed by atoms with Crippen molar-refractivity contribution >= 4 is 11.6 Å². The Morgan fingerprint density at radius 3 is 2.54 bits per heavy atom. The summed E-state index contributed by atoms with van der Waals surface area (Å²) in [6.07, 6.45) is 0.118. The van der Waals surface area contributed by atoms with Gasteiger partial charge >= 0.3 is 5.76 Å². The van der Waals surface area contributed by atoms with Gasteiger partial charge in [-0.1, -0.05) is 35.9 Å². The molecule has 0 atom stereocenters. The number of benzene rings is 2. The summed E-state index contributed by atoms with van der Waals surface area (Å²) in [6, 6.07) is 14.6. The van der Waals surface area contributed by atoms with E-state index in [2.05, 4.69) is 5.10 Å². The fourth-order valence-electron chi connectivity index (χ4n) is 2.27. The number of halogens is 1. The third-order valence-electron chi connectivity index (χ3n) is 3.34. The third kappa shape index (κ3) is 3.68. The summed E-state index contributed by atoms with van der Waals surface area (Å²) >= 11 is 6.11. The summed E-state index contributed by atoms with van der Waals surface area (Å²) in [6.45, 7) is 4.26. The zero-order valence-corrected chi connectivity index (χ0v) is 14.2. The number of hydrogen-bond acceptors (Lipinski definition) is 4. The average Bonchev–Trinajstić information content (AvgIpc) is 2.90. The average molecular weight is 345 g/mol. The Labute approximate surface area is 144 Å². The first kappa shape index (κ1) is 16.3. The van der Waals surface area contributed by atoms with Crippen molar-refractivity contribution in [2.75, 3.05) is 0 Å². The molecule has 124 valence electrons. The highest BCUT2D eigenvalue weighted by atomic mass is 35.5. The molecule has 3 rings (SSSR count). The molecule has 0 N–H and O–H groups in total. The largest absolute Gasteiger partial charge is 0.491 e. The van der Waals surface area contributed by atoms with Gasteiger partial charge in [-0.05, 0) is 43.7 Å². The van der Waals surface area contributed by atoms with E-state index in [1.165, 1.54) is 4.68 Å². The lowest BCUT2D eigenvalue weighted by Crippen LogP contribution is -2.16. The van der Waals surface area contributed by atoms with Gasteiger partial charge in [0.15, 0.2) is 0 Å². The van der Waals surface area contributed by atoms with E-state index in [0.29, 0.717) is 17.1 Å². The van der Waals surface area contributed by atoms with Crippen LogP contribution < -0.4 is 10.5 Å². The van der Waals surface area contributed by atoms with E-state index < -0.39 is 5.76 Å². The van der Waals surface area contributed by atoms with Crippen LogP contribution in [-0.4, -0.2) is 15.9 Å². The number of ether oxygens (including phenoxy) is 1. The summed E-state index contributed by atoms with van der Waals surface area (Å²) in [4.78, 5) is 12.0. The highest BCUT2D eigenvalue weighted by molar-refractivity contribution is 6.33. The zero-order chi connectivity index (χ0) is 17.1. The smallest absolute Gasteiger partial charge is 0.437 e. The van der Waals surface area contributed by atoms with Crippen molar-refractivity contribution in [3.63, 3.8) is 0 Å². The quantitative estimate of drug-likeness (QED) is 0.702. The molecule has 0 amide bonds. The monoisotopic (exact) mass is 344 g/mol. The number of nitrogens with zero attached hydrogens (tertiary/aromatic N) is 2. The highest BCUT2D eigenvalue weighted by Crippen LogP contribution is 2.25. The van der Waals surface area contributed by atoms with Crippen molar-refractivity contribution in [1.29, 1.82) is 0 Å². The van der Waals surface area contributed by atoms with E-state index in [0.717, 1.165) is 11.3 Å². The normalized spacial score (nSPS) is 11.0. The van der Waals surface area contributed by atoms with Gasteiger partial charge in [-0.2, -0.15) is 4.68 Å². The lowest BCUT2D eigenvalue weighted by Gasteiger charge is -2.09. The van der Waals surface area contributed by atoms with Crippen LogP contribution in [0.25, 0.3) is 11.5 Å². The van der Waals surface area contributed by atoms with Gasteiger partial charge in [0.1, 0.15) is 5.75 Å². The van der Waals surface area contributed by atoms with Gasteiger partial charge in [0.2, 0.25) is 0 Å². The second-order valence-electron chi connectivity index (χ2n) is 5.62. The maximum atomic E-state index is 12.0. The Morgan fingerprint density at radius 2 is 1.88 bits per heavy atom. The van der Waals surface area contributed by atoms with E-state index in [1.54, 1.807) is 12.1 Å². The zero-order valence-electron chi connectivity index (χ0n) is 13.4. The van der Waals surface area contributed by atoms with E-state index in [9.17, 15) is 4.79 Å². The molecule has 0 aliphatic carbocycles. The summed E-state index contributed by atoms with van der Waals surface area (Å²) in [5, 5.41) is 4.72. The second kappa shape index (κ2) is 6.93. The molecule has 0 fully saturated rings. The molecule has 1 aromatic heterocycles. The molecule has 3 aromatic rings. The number of rotatable bonds is 5. The molecule has 0 saturated carbocycles. The molecule has 0 unspecified atom stereocenters. The van der Waals surface area contributed by atoms with Crippen LogP contribution in [-0.2, 0) is 6.54 Å². The topological polar surface area (TPSA) is 57.3 Å². The standard InChI is InChI=1S/C18H17ClN2O3/c1-12(2)23-14-9-7-13(8-10-14)11-21-18(22)24-17(20-21)15-5-3-4-6-16(15)19/h3-10,12H,11H2,1-2H3. The molecule has 0 aliphatic rings. The SMILES string of the molecule is CC(C)Oc1ccc(Cn2nc(-c3ccccc3Cl)oc2=O)cc1. The minimum atomic E-state index is -0.521.